The lowest BCUT2D eigenvalue weighted by Crippen LogP contribution is -1.93. The van der Waals surface area contributed by atoms with Gasteiger partial charge in [-0.15, -0.1) is 0 Å². The molecule has 0 fully saturated rings. The molecule has 0 aromatic heterocycles. The molecule has 1 aliphatic carbocycles. The summed E-state index contributed by atoms with van der Waals surface area (Å²) < 4.78 is 61.7. The maximum atomic E-state index is 9.36. The third-order valence-electron chi connectivity index (χ3n) is 8.75. The predicted molar refractivity (Wildman–Crippen MR) is 184 cm³/mol. The summed E-state index contributed by atoms with van der Waals surface area (Å²) in [7, 11) is 0. The Morgan fingerprint density at radius 3 is 1.77 bits per heavy atom. The van der Waals surface area contributed by atoms with Gasteiger partial charge in [0.2, 0.25) is 0 Å². The topological polar surface area (TPSA) is 0 Å². The SMILES string of the molecule is [2H]c1c([2H])c([2H])c2c(c1[2H])Cc1c([2H])c([2H])c([2H])c(-c3c4ccccc4c(-c4cccc(-c5cccc6ccccc56)c4)c4ccccc34)c1-2. The average molecular weight is 552 g/mol. The van der Waals surface area contributed by atoms with Crippen molar-refractivity contribution in [3.05, 3.63) is 169 Å². The molecule has 0 heteroatoms. The fraction of sp³-hybridized carbons (Fsp3) is 0.0233. The number of rotatable bonds is 3. The summed E-state index contributed by atoms with van der Waals surface area (Å²) in [5.41, 5.74) is 7.10. The standard InChI is InChI=1S/C43H28/c1-3-18-33-28(12-1)14-10-24-34(33)29-15-9-16-32(26-29)42-36-20-5-7-22-38(36)43(39-23-8-6-21-37(39)42)40-25-11-17-31-27-30-13-2-4-19-35(30)41(31)40/h1-26H,27H2/i2D,4D,11D,13D,17D,19D,25D. The van der Waals surface area contributed by atoms with Crippen LogP contribution in [0, 0.1) is 0 Å². The number of hydrogen-bond acceptors (Lipinski definition) is 0. The smallest absolute Gasteiger partial charge is 0.0619 e. The van der Waals surface area contributed by atoms with Crippen molar-refractivity contribution in [3.8, 4) is 44.5 Å². The maximum absolute atomic E-state index is 9.36. The fourth-order valence-corrected chi connectivity index (χ4v) is 6.93. The summed E-state index contributed by atoms with van der Waals surface area (Å²) in [6.07, 6.45) is 0.106. The Bertz CT molecular complexity index is 2700. The van der Waals surface area contributed by atoms with Crippen LogP contribution in [0.1, 0.15) is 20.7 Å². The molecule has 0 N–H and O–H groups in total. The van der Waals surface area contributed by atoms with Crippen LogP contribution in [0.25, 0.3) is 76.8 Å². The fourth-order valence-electron chi connectivity index (χ4n) is 6.93. The Hall–Kier alpha value is -5.46. The Balaban J connectivity index is 1.39. The highest BCUT2D eigenvalue weighted by Gasteiger charge is 2.24. The highest BCUT2D eigenvalue weighted by Crippen LogP contribution is 2.49. The van der Waals surface area contributed by atoms with Crippen molar-refractivity contribution in [1.29, 1.82) is 0 Å². The minimum absolute atomic E-state index is 0.106. The van der Waals surface area contributed by atoms with Crippen LogP contribution in [-0.2, 0) is 6.42 Å². The monoisotopic (exact) mass is 551 g/mol. The normalized spacial score (nSPS) is 14.4. The molecule has 0 saturated carbocycles. The molecule has 9 rings (SSSR count). The molecule has 0 heterocycles. The molecule has 8 aromatic rings. The van der Waals surface area contributed by atoms with Crippen LogP contribution in [0.4, 0.5) is 0 Å². The van der Waals surface area contributed by atoms with Gasteiger partial charge in [-0.1, -0.05) is 151 Å². The quantitative estimate of drug-likeness (QED) is 0.192. The molecule has 0 unspecified atom stereocenters. The molecule has 0 aliphatic heterocycles. The molecule has 0 saturated heterocycles. The first-order valence-electron chi connectivity index (χ1n) is 18.0. The Morgan fingerprint density at radius 1 is 0.395 bits per heavy atom. The summed E-state index contributed by atoms with van der Waals surface area (Å²) in [5, 5.41) is 5.99. The molecule has 200 valence electrons. The zero-order valence-electron chi connectivity index (χ0n) is 30.2. The maximum Gasteiger partial charge on any atom is 0.0629 e. The zero-order valence-corrected chi connectivity index (χ0v) is 23.2. The van der Waals surface area contributed by atoms with Crippen LogP contribution in [0.3, 0.4) is 0 Å². The minimum Gasteiger partial charge on any atom is -0.0619 e. The number of hydrogen-bond donors (Lipinski definition) is 0. The van der Waals surface area contributed by atoms with Crippen LogP contribution < -0.4 is 0 Å². The van der Waals surface area contributed by atoms with Crippen molar-refractivity contribution in [2.24, 2.45) is 0 Å². The summed E-state index contributed by atoms with van der Waals surface area (Å²) in [6, 6.07) is 38.0. The van der Waals surface area contributed by atoms with Gasteiger partial charge in [0.15, 0.2) is 0 Å². The van der Waals surface area contributed by atoms with Gasteiger partial charge >= 0.3 is 0 Å². The second-order valence-electron chi connectivity index (χ2n) is 11.1. The Labute approximate surface area is 261 Å². The third kappa shape index (κ3) is 3.70. The van der Waals surface area contributed by atoms with Crippen molar-refractivity contribution in [2.75, 3.05) is 0 Å². The molecule has 0 atom stereocenters. The van der Waals surface area contributed by atoms with E-state index in [-0.39, 0.29) is 48.7 Å². The predicted octanol–water partition coefficient (Wildman–Crippen LogP) is 11.7. The van der Waals surface area contributed by atoms with E-state index in [9.17, 15) is 1.37 Å². The van der Waals surface area contributed by atoms with Crippen molar-refractivity contribution < 1.29 is 9.60 Å². The van der Waals surface area contributed by atoms with Crippen LogP contribution in [-0.4, -0.2) is 0 Å². The minimum atomic E-state index is -0.350. The number of fused-ring (bicyclic) bond motifs is 6. The van der Waals surface area contributed by atoms with Gasteiger partial charge in [0, 0.05) is 0 Å². The number of benzene rings is 8. The van der Waals surface area contributed by atoms with Gasteiger partial charge in [-0.25, -0.2) is 0 Å². The molecule has 0 radical (unpaired) electrons. The van der Waals surface area contributed by atoms with E-state index in [4.69, 9.17) is 8.22 Å². The summed E-state index contributed by atoms with van der Waals surface area (Å²) in [6.45, 7) is 0. The van der Waals surface area contributed by atoms with Crippen molar-refractivity contribution >= 4 is 32.3 Å². The van der Waals surface area contributed by atoms with E-state index in [0.717, 1.165) is 49.4 Å². The summed E-state index contributed by atoms with van der Waals surface area (Å²) in [5.74, 6) is 0. The van der Waals surface area contributed by atoms with Gasteiger partial charge in [0.25, 0.3) is 0 Å². The van der Waals surface area contributed by atoms with Crippen LogP contribution >= 0.6 is 0 Å². The van der Waals surface area contributed by atoms with Crippen molar-refractivity contribution in [2.45, 2.75) is 6.42 Å². The van der Waals surface area contributed by atoms with Crippen LogP contribution in [0.15, 0.2) is 158 Å². The molecule has 8 aromatic carbocycles. The van der Waals surface area contributed by atoms with E-state index in [1.165, 1.54) is 10.8 Å². The van der Waals surface area contributed by atoms with Gasteiger partial charge in [0.1, 0.15) is 0 Å². The van der Waals surface area contributed by atoms with E-state index in [1.807, 2.05) is 36.4 Å². The molecule has 0 spiro atoms. The van der Waals surface area contributed by atoms with Gasteiger partial charge in [0.05, 0.1) is 9.60 Å². The highest BCUT2D eigenvalue weighted by molar-refractivity contribution is 6.22. The highest BCUT2D eigenvalue weighted by atomic mass is 14.3. The summed E-state index contributed by atoms with van der Waals surface area (Å²) in [4.78, 5) is 0. The van der Waals surface area contributed by atoms with Gasteiger partial charge in [-0.2, -0.15) is 0 Å². The first-order valence-corrected chi connectivity index (χ1v) is 14.5. The summed E-state index contributed by atoms with van der Waals surface area (Å²) >= 11 is 0. The van der Waals surface area contributed by atoms with E-state index in [1.54, 1.807) is 0 Å². The molecular formula is C43H28. The molecule has 1 aliphatic rings. The van der Waals surface area contributed by atoms with Gasteiger partial charge in [-0.05, 0) is 100 Å². The molecule has 43 heavy (non-hydrogen) atoms. The van der Waals surface area contributed by atoms with E-state index in [0.29, 0.717) is 27.8 Å². The van der Waals surface area contributed by atoms with E-state index < -0.39 is 0 Å². The van der Waals surface area contributed by atoms with Crippen molar-refractivity contribution in [3.63, 3.8) is 0 Å². The third-order valence-corrected chi connectivity index (χ3v) is 8.75. The average Bonchev–Trinajstić information content (AvgIpc) is 3.55. The second-order valence-corrected chi connectivity index (χ2v) is 11.1. The van der Waals surface area contributed by atoms with E-state index in [2.05, 4.69) is 78.9 Å². The zero-order chi connectivity index (χ0) is 34.4. The molecule has 0 nitrogen and oxygen atoms in total. The lowest BCUT2D eigenvalue weighted by atomic mass is 9.83. The first kappa shape index (κ1) is 18.2. The Morgan fingerprint density at radius 2 is 0.977 bits per heavy atom. The lowest BCUT2D eigenvalue weighted by molar-refractivity contribution is 1.26. The van der Waals surface area contributed by atoms with Crippen molar-refractivity contribution in [1.82, 2.24) is 0 Å². The molecule has 0 bridgehead atoms. The van der Waals surface area contributed by atoms with Gasteiger partial charge < -0.3 is 0 Å². The van der Waals surface area contributed by atoms with Crippen LogP contribution in [0.2, 0.25) is 0 Å². The Kier molecular flexibility index (Phi) is 4.03. The first-order chi connectivity index (χ1) is 24.3. The lowest BCUT2D eigenvalue weighted by Gasteiger charge is -2.20. The largest absolute Gasteiger partial charge is 0.0629 e. The second kappa shape index (κ2) is 9.54. The molecular weight excluding hydrogens is 516 g/mol. The van der Waals surface area contributed by atoms with Gasteiger partial charge in [-0.3, -0.25) is 0 Å². The molecule has 0 amide bonds. The van der Waals surface area contributed by atoms with E-state index >= 15 is 0 Å². The van der Waals surface area contributed by atoms with Crippen LogP contribution in [0.5, 0.6) is 0 Å².